The van der Waals surface area contributed by atoms with Crippen LogP contribution in [0, 0.1) is 6.92 Å². The second-order valence-electron chi connectivity index (χ2n) is 9.61. The lowest BCUT2D eigenvalue weighted by Crippen LogP contribution is -2.39. The molecule has 0 saturated carbocycles. The molecular formula is C28H33N7O3. The van der Waals surface area contributed by atoms with Gasteiger partial charge in [0.1, 0.15) is 5.82 Å². The zero-order valence-electron chi connectivity index (χ0n) is 21.7. The molecule has 2 aliphatic heterocycles. The minimum atomic E-state index is -0.270. The predicted molar refractivity (Wildman–Crippen MR) is 149 cm³/mol. The van der Waals surface area contributed by atoms with Crippen LogP contribution >= 0.6 is 0 Å². The first kappa shape index (κ1) is 25.5. The molecule has 0 spiro atoms. The molecule has 2 aliphatic rings. The van der Waals surface area contributed by atoms with Crippen molar-refractivity contribution in [3.63, 3.8) is 0 Å². The molecule has 0 bridgehead atoms. The quantitative estimate of drug-likeness (QED) is 0.406. The van der Waals surface area contributed by atoms with Crippen LogP contribution < -0.4 is 25.8 Å². The number of ketones is 1. The monoisotopic (exact) mass is 515 g/mol. The fourth-order valence-electron chi connectivity index (χ4n) is 4.80. The van der Waals surface area contributed by atoms with Crippen LogP contribution in [0.1, 0.15) is 29.3 Å². The Kier molecular flexibility index (Phi) is 7.69. The summed E-state index contributed by atoms with van der Waals surface area (Å²) >= 11 is 0. The lowest BCUT2D eigenvalue weighted by Gasteiger charge is -2.30. The number of hydrogen-bond donors (Lipinski definition) is 3. The molecule has 0 aliphatic carbocycles. The number of ether oxygens (including phenoxy) is 1. The van der Waals surface area contributed by atoms with Gasteiger partial charge in [-0.3, -0.25) is 4.79 Å². The van der Waals surface area contributed by atoms with Gasteiger partial charge in [-0.15, -0.1) is 0 Å². The number of nitrogens with one attached hydrogen (secondary N) is 3. The number of benzene rings is 2. The molecular weight excluding hydrogens is 482 g/mol. The van der Waals surface area contributed by atoms with E-state index < -0.39 is 0 Å². The first-order valence-electron chi connectivity index (χ1n) is 12.9. The number of anilines is 5. The van der Waals surface area contributed by atoms with Crippen molar-refractivity contribution in [3.8, 4) is 0 Å². The van der Waals surface area contributed by atoms with Gasteiger partial charge in [0.25, 0.3) is 0 Å². The molecule has 2 fully saturated rings. The first-order valence-corrected chi connectivity index (χ1v) is 12.9. The number of rotatable bonds is 7. The second-order valence-corrected chi connectivity index (χ2v) is 9.61. The maximum atomic E-state index is 12.6. The fourth-order valence-corrected chi connectivity index (χ4v) is 4.80. The summed E-state index contributed by atoms with van der Waals surface area (Å²) in [5, 5.41) is 9.30. The number of urea groups is 1. The number of aryl methyl sites for hydroxylation is 1. The van der Waals surface area contributed by atoms with Crippen molar-refractivity contribution in [2.24, 2.45) is 0 Å². The van der Waals surface area contributed by atoms with Gasteiger partial charge in [0.15, 0.2) is 5.78 Å². The Balaban J connectivity index is 1.21. The lowest BCUT2D eigenvalue weighted by atomic mass is 10.1. The van der Waals surface area contributed by atoms with Crippen molar-refractivity contribution in [2.75, 3.05) is 59.8 Å². The standard InChI is InChI=1S/C28H33N7O3/c1-19-17-29-27(32-24-5-3-4-6-25(24)34-13-15-38-16-14-34)33-26(19)35-12-11-23(18-35)31-28(37)30-22-9-7-21(8-10-22)20(2)36/h3-10,17,23H,11-16,18H2,1-2H3,(H,29,32,33)(H2,30,31,37). The van der Waals surface area contributed by atoms with E-state index >= 15 is 0 Å². The summed E-state index contributed by atoms with van der Waals surface area (Å²) < 4.78 is 5.51. The molecule has 10 nitrogen and oxygen atoms in total. The number of morpholine rings is 1. The van der Waals surface area contributed by atoms with Gasteiger partial charge < -0.3 is 30.5 Å². The average Bonchev–Trinajstić information content (AvgIpc) is 3.39. The normalized spacial score (nSPS) is 17.3. The molecule has 1 aromatic heterocycles. The highest BCUT2D eigenvalue weighted by atomic mass is 16.5. The van der Waals surface area contributed by atoms with Gasteiger partial charge in [0.05, 0.1) is 24.6 Å². The van der Waals surface area contributed by atoms with Gasteiger partial charge in [-0.1, -0.05) is 12.1 Å². The number of Topliss-reactive ketones (excluding diaryl/α,β-unsaturated/α-hetero) is 1. The van der Waals surface area contributed by atoms with E-state index in [1.807, 2.05) is 31.3 Å². The Morgan fingerprint density at radius 1 is 1.00 bits per heavy atom. The minimum absolute atomic E-state index is 0.00766. The molecule has 3 N–H and O–H groups in total. The topological polar surface area (TPSA) is 112 Å². The SMILES string of the molecule is CC(=O)c1ccc(NC(=O)NC2CCN(c3nc(Nc4ccccc4N4CCOCC4)ncc3C)C2)cc1. The fraction of sp³-hybridized carbons (Fsp3) is 0.357. The van der Waals surface area contributed by atoms with Crippen LogP contribution in [0.25, 0.3) is 0 Å². The van der Waals surface area contributed by atoms with Crippen LogP contribution in [-0.2, 0) is 4.74 Å². The smallest absolute Gasteiger partial charge is 0.319 e. The van der Waals surface area contributed by atoms with Crippen molar-refractivity contribution in [2.45, 2.75) is 26.3 Å². The molecule has 2 amide bonds. The molecule has 10 heteroatoms. The van der Waals surface area contributed by atoms with E-state index in [9.17, 15) is 9.59 Å². The Bertz CT molecular complexity index is 1290. The summed E-state index contributed by atoms with van der Waals surface area (Å²) in [5.41, 5.74) is 4.29. The van der Waals surface area contributed by atoms with E-state index in [0.717, 1.165) is 48.8 Å². The van der Waals surface area contributed by atoms with Crippen LogP contribution in [0.2, 0.25) is 0 Å². The Morgan fingerprint density at radius 2 is 1.76 bits per heavy atom. The van der Waals surface area contributed by atoms with Gasteiger partial charge in [0, 0.05) is 55.2 Å². The van der Waals surface area contributed by atoms with Crippen molar-refractivity contribution in [1.29, 1.82) is 0 Å². The number of nitrogens with zero attached hydrogens (tertiary/aromatic N) is 4. The Morgan fingerprint density at radius 3 is 2.53 bits per heavy atom. The lowest BCUT2D eigenvalue weighted by molar-refractivity contribution is 0.101. The molecule has 2 saturated heterocycles. The van der Waals surface area contributed by atoms with E-state index in [0.29, 0.717) is 37.0 Å². The van der Waals surface area contributed by atoms with E-state index in [-0.39, 0.29) is 17.9 Å². The number of carbonyl (C=O) groups is 2. The molecule has 3 aromatic rings. The molecule has 38 heavy (non-hydrogen) atoms. The summed E-state index contributed by atoms with van der Waals surface area (Å²) in [6.07, 6.45) is 2.64. The summed E-state index contributed by atoms with van der Waals surface area (Å²) in [5.74, 6) is 1.39. The van der Waals surface area contributed by atoms with Crippen LogP contribution in [0.3, 0.4) is 0 Å². The van der Waals surface area contributed by atoms with E-state index in [1.165, 1.54) is 6.92 Å². The summed E-state index contributed by atoms with van der Waals surface area (Å²) in [6, 6.07) is 14.8. The van der Waals surface area contributed by atoms with Crippen LogP contribution in [-0.4, -0.2) is 67.2 Å². The molecule has 5 rings (SSSR count). The van der Waals surface area contributed by atoms with E-state index in [4.69, 9.17) is 9.72 Å². The number of hydrogen-bond acceptors (Lipinski definition) is 8. The minimum Gasteiger partial charge on any atom is -0.378 e. The van der Waals surface area contributed by atoms with E-state index in [2.05, 4.69) is 36.8 Å². The van der Waals surface area contributed by atoms with Crippen LogP contribution in [0.15, 0.2) is 54.7 Å². The number of carbonyl (C=O) groups excluding carboxylic acids is 2. The summed E-state index contributed by atoms with van der Waals surface area (Å²) in [6.45, 7) is 8.07. The second kappa shape index (κ2) is 11.5. The van der Waals surface area contributed by atoms with Gasteiger partial charge >= 0.3 is 6.03 Å². The highest BCUT2D eigenvalue weighted by Crippen LogP contribution is 2.30. The molecule has 3 heterocycles. The number of aromatic nitrogens is 2. The van der Waals surface area contributed by atoms with Gasteiger partial charge in [-0.2, -0.15) is 4.98 Å². The maximum Gasteiger partial charge on any atom is 0.319 e. The molecule has 1 atom stereocenters. The van der Waals surface area contributed by atoms with Gasteiger partial charge in [-0.05, 0) is 56.7 Å². The van der Waals surface area contributed by atoms with Crippen molar-refractivity contribution in [3.05, 3.63) is 65.9 Å². The predicted octanol–water partition coefficient (Wildman–Crippen LogP) is 3.97. The molecule has 1 unspecified atom stereocenters. The maximum absolute atomic E-state index is 12.6. The first-order chi connectivity index (χ1) is 18.5. The third-order valence-corrected chi connectivity index (χ3v) is 6.82. The van der Waals surface area contributed by atoms with Crippen molar-refractivity contribution >= 4 is 40.6 Å². The highest BCUT2D eigenvalue weighted by Gasteiger charge is 2.26. The third kappa shape index (κ3) is 6.03. The Labute approximate surface area is 222 Å². The zero-order valence-corrected chi connectivity index (χ0v) is 21.7. The zero-order chi connectivity index (χ0) is 26.5. The summed E-state index contributed by atoms with van der Waals surface area (Å²) in [7, 11) is 0. The van der Waals surface area contributed by atoms with Gasteiger partial charge in [0.2, 0.25) is 5.95 Å². The number of amides is 2. The van der Waals surface area contributed by atoms with Crippen LogP contribution in [0.4, 0.5) is 33.6 Å². The average molecular weight is 516 g/mol. The highest BCUT2D eigenvalue weighted by molar-refractivity contribution is 5.95. The summed E-state index contributed by atoms with van der Waals surface area (Å²) in [4.78, 5) is 37.9. The largest absolute Gasteiger partial charge is 0.378 e. The van der Waals surface area contributed by atoms with Crippen molar-refractivity contribution < 1.29 is 14.3 Å². The molecule has 2 aromatic carbocycles. The molecule has 0 radical (unpaired) electrons. The third-order valence-electron chi connectivity index (χ3n) is 6.82. The molecule has 198 valence electrons. The Hall–Kier alpha value is -4.18. The van der Waals surface area contributed by atoms with E-state index in [1.54, 1.807) is 24.3 Å². The van der Waals surface area contributed by atoms with Gasteiger partial charge in [-0.25, -0.2) is 9.78 Å². The van der Waals surface area contributed by atoms with Crippen molar-refractivity contribution in [1.82, 2.24) is 15.3 Å². The number of para-hydroxylation sites is 2. The van der Waals surface area contributed by atoms with Crippen LogP contribution in [0.5, 0.6) is 0 Å².